The molecule has 21 heavy (non-hydrogen) atoms. The van der Waals surface area contributed by atoms with Crippen molar-refractivity contribution in [1.29, 1.82) is 0 Å². The third-order valence-electron chi connectivity index (χ3n) is 3.04. The largest absolute Gasteiger partial charge is 0.367 e. The molecule has 0 aromatic carbocycles. The number of nitrogens with one attached hydrogen (secondary N) is 3. The first-order valence-corrected chi connectivity index (χ1v) is 6.94. The van der Waals surface area contributed by atoms with E-state index < -0.39 is 0 Å². The number of H-pyrrole nitrogens is 1. The van der Waals surface area contributed by atoms with Crippen molar-refractivity contribution < 1.29 is 0 Å². The Kier molecular flexibility index (Phi) is 3.67. The summed E-state index contributed by atoms with van der Waals surface area (Å²) in [5, 5.41) is 18.5. The number of nitrogens with zero attached hydrogens (tertiary/aromatic N) is 5. The molecule has 3 aromatic rings. The summed E-state index contributed by atoms with van der Waals surface area (Å²) in [5.74, 6) is 1.36. The van der Waals surface area contributed by atoms with E-state index in [1.165, 1.54) is 0 Å². The minimum absolute atomic E-state index is 0.590. The summed E-state index contributed by atoms with van der Waals surface area (Å²) in [7, 11) is 0. The van der Waals surface area contributed by atoms with Crippen LogP contribution in [0.15, 0.2) is 18.6 Å². The van der Waals surface area contributed by atoms with Gasteiger partial charge in [0, 0.05) is 19.3 Å². The molecule has 3 N–H and O–H groups in total. The monoisotopic (exact) mass is 286 g/mol. The van der Waals surface area contributed by atoms with Crippen molar-refractivity contribution in [2.24, 2.45) is 0 Å². The van der Waals surface area contributed by atoms with Crippen molar-refractivity contribution >= 4 is 22.8 Å². The van der Waals surface area contributed by atoms with Gasteiger partial charge >= 0.3 is 0 Å². The zero-order valence-corrected chi connectivity index (χ0v) is 12.1. The number of aromatic nitrogens is 6. The van der Waals surface area contributed by atoms with Gasteiger partial charge in [-0.1, -0.05) is 0 Å². The van der Waals surface area contributed by atoms with Crippen LogP contribution in [0.25, 0.3) is 11.0 Å². The zero-order chi connectivity index (χ0) is 14.7. The van der Waals surface area contributed by atoms with Crippen molar-refractivity contribution in [3.05, 3.63) is 24.2 Å². The van der Waals surface area contributed by atoms with E-state index in [0.29, 0.717) is 5.95 Å². The highest BCUT2D eigenvalue weighted by Gasteiger charge is 2.08. The van der Waals surface area contributed by atoms with Crippen LogP contribution in [-0.4, -0.2) is 43.0 Å². The molecule has 3 aromatic heterocycles. The average Bonchev–Trinajstić information content (AvgIpc) is 3.08. The van der Waals surface area contributed by atoms with Gasteiger partial charge in [0.25, 0.3) is 0 Å². The first-order valence-electron chi connectivity index (χ1n) is 6.94. The normalized spacial score (nSPS) is 11.0. The highest BCUT2D eigenvalue weighted by atomic mass is 15.3. The number of aryl methyl sites for hydroxylation is 1. The Morgan fingerprint density at radius 1 is 1.24 bits per heavy atom. The van der Waals surface area contributed by atoms with Crippen LogP contribution in [0.4, 0.5) is 11.8 Å². The van der Waals surface area contributed by atoms with Crippen LogP contribution in [0, 0.1) is 6.92 Å². The van der Waals surface area contributed by atoms with Crippen LogP contribution >= 0.6 is 0 Å². The van der Waals surface area contributed by atoms with Crippen LogP contribution in [0.5, 0.6) is 0 Å². The van der Waals surface area contributed by atoms with E-state index in [0.717, 1.165) is 42.0 Å². The van der Waals surface area contributed by atoms with E-state index in [-0.39, 0.29) is 0 Å². The predicted octanol–water partition coefficient (Wildman–Crippen LogP) is 1.40. The lowest BCUT2D eigenvalue weighted by Crippen LogP contribution is -2.13. The minimum atomic E-state index is 0.590. The molecule has 0 aliphatic rings. The molecule has 8 nitrogen and oxygen atoms in total. The topological polar surface area (TPSA) is 96.3 Å². The third kappa shape index (κ3) is 2.93. The van der Waals surface area contributed by atoms with Gasteiger partial charge in [0.1, 0.15) is 5.82 Å². The number of hydrogen-bond donors (Lipinski definition) is 3. The van der Waals surface area contributed by atoms with Gasteiger partial charge in [-0.3, -0.25) is 9.78 Å². The average molecular weight is 286 g/mol. The maximum atomic E-state index is 4.48. The molecule has 0 fully saturated rings. The first-order chi connectivity index (χ1) is 10.3. The summed E-state index contributed by atoms with van der Waals surface area (Å²) >= 11 is 0. The highest BCUT2D eigenvalue weighted by molar-refractivity contribution is 5.86. The molecule has 0 radical (unpaired) electrons. The Morgan fingerprint density at radius 3 is 2.90 bits per heavy atom. The standard InChI is InChI=1S/C13H18N8/c1-3-14-13-18-11(10-7-16-20-12(10)19-13)15-4-5-21-8-9(2)6-17-21/h6-8H,3-5H2,1-2H3,(H3,14,15,16,18,19,20). The molecule has 3 rings (SSSR count). The van der Waals surface area contributed by atoms with Crippen LogP contribution in [0.1, 0.15) is 12.5 Å². The molecule has 0 bridgehead atoms. The van der Waals surface area contributed by atoms with E-state index >= 15 is 0 Å². The molecule has 0 spiro atoms. The summed E-state index contributed by atoms with van der Waals surface area (Å²) in [6.07, 6.45) is 5.59. The second-order valence-electron chi connectivity index (χ2n) is 4.77. The summed E-state index contributed by atoms with van der Waals surface area (Å²) < 4.78 is 1.90. The van der Waals surface area contributed by atoms with Crippen LogP contribution in [0.3, 0.4) is 0 Å². The Morgan fingerprint density at radius 2 is 2.14 bits per heavy atom. The highest BCUT2D eigenvalue weighted by Crippen LogP contribution is 2.19. The molecule has 110 valence electrons. The Bertz CT molecular complexity index is 729. The summed E-state index contributed by atoms with van der Waals surface area (Å²) in [4.78, 5) is 8.83. The van der Waals surface area contributed by atoms with Gasteiger partial charge in [0.15, 0.2) is 5.65 Å². The fourth-order valence-corrected chi connectivity index (χ4v) is 2.08. The first kappa shape index (κ1) is 13.3. The molecule has 0 aliphatic heterocycles. The van der Waals surface area contributed by atoms with E-state index in [1.54, 1.807) is 6.20 Å². The number of fused-ring (bicyclic) bond motifs is 1. The smallest absolute Gasteiger partial charge is 0.226 e. The number of aromatic amines is 1. The molecule has 0 saturated carbocycles. The van der Waals surface area contributed by atoms with Crippen LogP contribution in [0.2, 0.25) is 0 Å². The number of rotatable bonds is 6. The predicted molar refractivity (Wildman–Crippen MR) is 81.3 cm³/mol. The third-order valence-corrected chi connectivity index (χ3v) is 3.04. The van der Waals surface area contributed by atoms with Crippen LogP contribution < -0.4 is 10.6 Å². The molecular formula is C13H18N8. The molecule has 0 saturated heterocycles. The van der Waals surface area contributed by atoms with Gasteiger partial charge in [-0.25, -0.2) is 0 Å². The van der Waals surface area contributed by atoms with E-state index in [1.807, 2.05) is 30.9 Å². The van der Waals surface area contributed by atoms with Gasteiger partial charge in [-0.2, -0.15) is 20.2 Å². The fraction of sp³-hybridized carbons (Fsp3) is 0.385. The van der Waals surface area contributed by atoms with Crippen molar-refractivity contribution in [1.82, 2.24) is 29.9 Å². The molecule has 0 aliphatic carbocycles. The quantitative estimate of drug-likeness (QED) is 0.634. The maximum Gasteiger partial charge on any atom is 0.226 e. The Labute approximate surface area is 122 Å². The second kappa shape index (κ2) is 5.78. The Hall–Kier alpha value is -2.64. The van der Waals surface area contributed by atoms with Crippen molar-refractivity contribution in [3.8, 4) is 0 Å². The van der Waals surface area contributed by atoms with E-state index in [4.69, 9.17) is 0 Å². The lowest BCUT2D eigenvalue weighted by molar-refractivity contribution is 0.637. The van der Waals surface area contributed by atoms with Crippen molar-refractivity contribution in [2.45, 2.75) is 20.4 Å². The summed E-state index contributed by atoms with van der Waals surface area (Å²) in [5.41, 5.74) is 1.88. The fourth-order valence-electron chi connectivity index (χ4n) is 2.08. The number of anilines is 2. The number of hydrogen-bond acceptors (Lipinski definition) is 6. The lowest BCUT2D eigenvalue weighted by atomic mass is 10.4. The molecule has 8 heteroatoms. The maximum absolute atomic E-state index is 4.48. The molecular weight excluding hydrogens is 268 g/mol. The molecule has 0 unspecified atom stereocenters. The van der Waals surface area contributed by atoms with Gasteiger partial charge in [-0.15, -0.1) is 0 Å². The van der Waals surface area contributed by atoms with E-state index in [2.05, 4.69) is 35.9 Å². The van der Waals surface area contributed by atoms with Crippen LogP contribution in [-0.2, 0) is 6.54 Å². The Balaban J connectivity index is 1.74. The zero-order valence-electron chi connectivity index (χ0n) is 12.1. The SMILES string of the molecule is CCNc1nc(NCCn2cc(C)cn2)c2cn[nH]c2n1. The second-order valence-corrected chi connectivity index (χ2v) is 4.77. The molecule has 3 heterocycles. The minimum Gasteiger partial charge on any atom is -0.367 e. The summed E-state index contributed by atoms with van der Waals surface area (Å²) in [6.45, 7) is 6.30. The molecule has 0 atom stereocenters. The van der Waals surface area contributed by atoms with Gasteiger partial charge in [0.2, 0.25) is 5.95 Å². The van der Waals surface area contributed by atoms with Gasteiger partial charge < -0.3 is 10.6 Å². The van der Waals surface area contributed by atoms with Gasteiger partial charge in [0.05, 0.1) is 24.3 Å². The lowest BCUT2D eigenvalue weighted by Gasteiger charge is -2.09. The summed E-state index contributed by atoms with van der Waals surface area (Å²) in [6, 6.07) is 0. The van der Waals surface area contributed by atoms with E-state index in [9.17, 15) is 0 Å². The van der Waals surface area contributed by atoms with Crippen molar-refractivity contribution in [2.75, 3.05) is 23.7 Å². The van der Waals surface area contributed by atoms with Crippen molar-refractivity contribution in [3.63, 3.8) is 0 Å². The van der Waals surface area contributed by atoms with Gasteiger partial charge in [-0.05, 0) is 19.4 Å². The molecule has 0 amide bonds.